The Morgan fingerprint density at radius 2 is 1.79 bits per heavy atom. The first kappa shape index (κ1) is 18.6. The molecule has 5 aromatic rings. The number of aryl methyl sites for hydroxylation is 2. The van der Waals surface area contributed by atoms with Crippen LogP contribution in [0.3, 0.4) is 0 Å². The Hall–Kier alpha value is -3.99. The van der Waals surface area contributed by atoms with E-state index in [0.29, 0.717) is 6.79 Å². The largest absolute Gasteiger partial charge is 0.495 e. The molecule has 5 heteroatoms. The Kier molecular flexibility index (Phi) is 3.94. The molecule has 1 N–H and O–H groups in total. The highest BCUT2D eigenvalue weighted by Crippen LogP contribution is 2.45. The molecule has 4 aromatic carbocycles. The standard InChI is InChI=1S/C28H22N2O3/c1-31-23-10-9-19-20-7-8-21-25-18(13-24-28(21)33-16-32-24)11-12-30(27(20)25)15-22(19)26(23)29-14-17-5-3-2-4-6-17/h2-10,13,15H,11-12,14,16H2,1H3/p+1. The van der Waals surface area contributed by atoms with Gasteiger partial charge in [-0.1, -0.05) is 30.3 Å². The molecule has 33 heavy (non-hydrogen) atoms. The van der Waals surface area contributed by atoms with E-state index in [2.05, 4.69) is 70.7 Å². The third-order valence-electron chi connectivity index (χ3n) is 6.91. The monoisotopic (exact) mass is 435 g/mol. The Labute approximate surface area is 191 Å². The van der Waals surface area contributed by atoms with Crippen LogP contribution in [0.2, 0.25) is 0 Å². The number of methoxy groups -OCH3 is 1. The molecule has 0 fully saturated rings. The number of hydrogen-bond acceptors (Lipinski definition) is 4. The number of rotatable bonds is 4. The summed E-state index contributed by atoms with van der Waals surface area (Å²) in [5, 5.41) is 9.69. The molecule has 2 aliphatic heterocycles. The number of benzene rings is 4. The average Bonchev–Trinajstić information content (AvgIpc) is 3.34. The van der Waals surface area contributed by atoms with E-state index in [1.807, 2.05) is 6.07 Å². The van der Waals surface area contributed by atoms with Crippen molar-refractivity contribution >= 4 is 38.1 Å². The van der Waals surface area contributed by atoms with E-state index in [-0.39, 0.29) is 0 Å². The van der Waals surface area contributed by atoms with Crippen LogP contribution in [0.25, 0.3) is 32.4 Å². The number of nitrogens with zero attached hydrogens (tertiary/aromatic N) is 1. The fourth-order valence-electron chi connectivity index (χ4n) is 5.40. The molecule has 3 heterocycles. The zero-order valence-corrected chi connectivity index (χ0v) is 18.4. The van der Waals surface area contributed by atoms with Crippen molar-refractivity contribution in [3.8, 4) is 17.2 Å². The number of fused-ring (bicyclic) bond motifs is 4. The highest BCUT2D eigenvalue weighted by Gasteiger charge is 2.29. The van der Waals surface area contributed by atoms with Crippen LogP contribution in [0.15, 0.2) is 66.9 Å². The van der Waals surface area contributed by atoms with Gasteiger partial charge in [-0.15, -0.1) is 0 Å². The molecular weight excluding hydrogens is 412 g/mol. The van der Waals surface area contributed by atoms with Gasteiger partial charge in [-0.05, 0) is 41.5 Å². The first-order chi connectivity index (χ1) is 16.3. The van der Waals surface area contributed by atoms with E-state index < -0.39 is 0 Å². The Bertz CT molecular complexity index is 1580. The van der Waals surface area contributed by atoms with Crippen LogP contribution in [-0.4, -0.2) is 13.9 Å². The van der Waals surface area contributed by atoms with Crippen LogP contribution < -0.4 is 24.1 Å². The van der Waals surface area contributed by atoms with E-state index in [1.165, 1.54) is 38.2 Å². The van der Waals surface area contributed by atoms with Gasteiger partial charge in [-0.3, -0.25) is 0 Å². The molecule has 0 radical (unpaired) electrons. The van der Waals surface area contributed by atoms with Gasteiger partial charge in [0.05, 0.1) is 29.0 Å². The highest BCUT2D eigenvalue weighted by molar-refractivity contribution is 6.18. The average molecular weight is 436 g/mol. The van der Waals surface area contributed by atoms with Crippen molar-refractivity contribution in [2.45, 2.75) is 19.5 Å². The summed E-state index contributed by atoms with van der Waals surface area (Å²) >= 11 is 0. The number of ether oxygens (including phenoxy) is 3. The molecule has 2 aliphatic rings. The van der Waals surface area contributed by atoms with E-state index >= 15 is 0 Å². The predicted octanol–water partition coefficient (Wildman–Crippen LogP) is 5.34. The molecular formula is C28H23N2O3+. The molecule has 0 bridgehead atoms. The van der Waals surface area contributed by atoms with E-state index in [1.54, 1.807) is 7.11 Å². The maximum absolute atomic E-state index is 5.83. The normalized spacial score (nSPS) is 13.8. The summed E-state index contributed by atoms with van der Waals surface area (Å²) in [7, 11) is 1.73. The summed E-state index contributed by atoms with van der Waals surface area (Å²) in [6.07, 6.45) is 3.24. The first-order valence-electron chi connectivity index (χ1n) is 11.3. The molecule has 0 spiro atoms. The van der Waals surface area contributed by atoms with Crippen LogP contribution in [0.5, 0.6) is 17.2 Å². The molecule has 0 saturated heterocycles. The summed E-state index contributed by atoms with van der Waals surface area (Å²) < 4.78 is 19.7. The molecule has 0 aliphatic carbocycles. The van der Waals surface area contributed by atoms with E-state index in [4.69, 9.17) is 14.2 Å². The van der Waals surface area contributed by atoms with Crippen LogP contribution >= 0.6 is 0 Å². The fourth-order valence-corrected chi connectivity index (χ4v) is 5.40. The Balaban J connectivity index is 1.49. The lowest BCUT2D eigenvalue weighted by Gasteiger charge is -2.19. The Morgan fingerprint density at radius 3 is 2.67 bits per heavy atom. The van der Waals surface area contributed by atoms with Crippen molar-refractivity contribution in [1.82, 2.24) is 0 Å². The lowest BCUT2D eigenvalue weighted by atomic mass is 9.92. The second kappa shape index (κ2) is 7.01. The van der Waals surface area contributed by atoms with Crippen LogP contribution in [0.4, 0.5) is 5.69 Å². The molecule has 162 valence electrons. The topological polar surface area (TPSA) is 43.6 Å². The molecule has 1 aromatic heterocycles. The number of nitrogens with one attached hydrogen (secondary N) is 1. The lowest BCUT2D eigenvalue weighted by molar-refractivity contribution is -0.670. The molecule has 0 saturated carbocycles. The molecule has 5 nitrogen and oxygen atoms in total. The highest BCUT2D eigenvalue weighted by atomic mass is 16.7. The quantitative estimate of drug-likeness (QED) is 0.306. The lowest BCUT2D eigenvalue weighted by Crippen LogP contribution is -2.38. The first-order valence-corrected chi connectivity index (χ1v) is 11.3. The van der Waals surface area contributed by atoms with Crippen molar-refractivity contribution in [2.75, 3.05) is 19.2 Å². The summed E-state index contributed by atoms with van der Waals surface area (Å²) in [5.74, 6) is 2.58. The molecule has 0 atom stereocenters. The second-order valence-electron chi connectivity index (χ2n) is 8.67. The maximum atomic E-state index is 5.83. The van der Waals surface area contributed by atoms with Gasteiger partial charge in [0.2, 0.25) is 12.3 Å². The van der Waals surface area contributed by atoms with Gasteiger partial charge < -0.3 is 19.5 Å². The minimum absolute atomic E-state index is 0.292. The predicted molar refractivity (Wildman–Crippen MR) is 129 cm³/mol. The summed E-state index contributed by atoms with van der Waals surface area (Å²) in [6, 6.07) is 21.3. The second-order valence-corrected chi connectivity index (χ2v) is 8.67. The van der Waals surface area contributed by atoms with Crippen LogP contribution in [0, 0.1) is 0 Å². The van der Waals surface area contributed by atoms with Crippen molar-refractivity contribution in [3.05, 3.63) is 78.0 Å². The maximum Gasteiger partial charge on any atom is 0.231 e. The Morgan fingerprint density at radius 1 is 0.939 bits per heavy atom. The van der Waals surface area contributed by atoms with Gasteiger partial charge in [0, 0.05) is 23.7 Å². The van der Waals surface area contributed by atoms with Crippen LogP contribution in [-0.2, 0) is 19.5 Å². The van der Waals surface area contributed by atoms with E-state index in [0.717, 1.165) is 47.8 Å². The van der Waals surface area contributed by atoms with Crippen molar-refractivity contribution < 1.29 is 18.8 Å². The SMILES string of the molecule is COc1ccc2c(c[n+]3c4c2ccc2c5c(cc(c24)CC3)OCO5)c1NCc1ccccc1. The number of pyridine rings is 1. The summed E-state index contributed by atoms with van der Waals surface area (Å²) in [4.78, 5) is 0. The number of anilines is 1. The van der Waals surface area contributed by atoms with Gasteiger partial charge in [-0.2, -0.15) is 4.57 Å². The smallest absolute Gasteiger partial charge is 0.231 e. The fraction of sp³-hybridized carbons (Fsp3) is 0.179. The molecule has 7 rings (SSSR count). The van der Waals surface area contributed by atoms with E-state index in [9.17, 15) is 0 Å². The number of hydrogen-bond donors (Lipinski definition) is 1. The van der Waals surface area contributed by atoms with Gasteiger partial charge in [0.1, 0.15) is 5.75 Å². The van der Waals surface area contributed by atoms with Crippen LogP contribution in [0.1, 0.15) is 11.1 Å². The van der Waals surface area contributed by atoms with Crippen molar-refractivity contribution in [3.63, 3.8) is 0 Å². The third-order valence-corrected chi connectivity index (χ3v) is 6.91. The van der Waals surface area contributed by atoms with Gasteiger partial charge in [0.15, 0.2) is 24.2 Å². The summed E-state index contributed by atoms with van der Waals surface area (Å²) in [5.41, 5.74) is 4.85. The summed E-state index contributed by atoms with van der Waals surface area (Å²) in [6.45, 7) is 1.95. The zero-order valence-electron chi connectivity index (χ0n) is 18.4. The van der Waals surface area contributed by atoms with Crippen molar-refractivity contribution in [1.29, 1.82) is 0 Å². The van der Waals surface area contributed by atoms with Gasteiger partial charge in [0.25, 0.3) is 0 Å². The number of aromatic nitrogens is 1. The minimum Gasteiger partial charge on any atom is -0.495 e. The minimum atomic E-state index is 0.292. The molecule has 0 unspecified atom stereocenters. The zero-order chi connectivity index (χ0) is 21.9. The van der Waals surface area contributed by atoms with Gasteiger partial charge >= 0.3 is 0 Å². The van der Waals surface area contributed by atoms with Gasteiger partial charge in [-0.25, -0.2) is 0 Å². The third kappa shape index (κ3) is 2.68. The molecule has 0 amide bonds. The van der Waals surface area contributed by atoms with Crippen molar-refractivity contribution in [2.24, 2.45) is 0 Å².